The van der Waals surface area contributed by atoms with E-state index in [1.807, 2.05) is 0 Å². The minimum atomic E-state index is -0.358. The van der Waals surface area contributed by atoms with Gasteiger partial charge in [-0.05, 0) is 48.1 Å². The fourth-order valence-corrected chi connectivity index (χ4v) is 2.30. The number of rotatable bonds is 8. The van der Waals surface area contributed by atoms with E-state index in [1.165, 1.54) is 50.6 Å². The van der Waals surface area contributed by atoms with Crippen molar-refractivity contribution in [2.45, 2.75) is 6.42 Å². The first-order valence-corrected chi connectivity index (χ1v) is 8.08. The third-order valence-corrected chi connectivity index (χ3v) is 3.68. The monoisotopic (exact) mass is 368 g/mol. The zero-order chi connectivity index (χ0) is 19.8. The van der Waals surface area contributed by atoms with Crippen LogP contribution >= 0.6 is 0 Å². The Bertz CT molecular complexity index is 896. The predicted octanol–water partition coefficient (Wildman–Crippen LogP) is 3.37. The normalized spacial score (nSPS) is 11.0. The molecule has 6 nitrogen and oxygen atoms in total. The minimum Gasteiger partial charge on any atom is -0.508 e. The summed E-state index contributed by atoms with van der Waals surface area (Å²) < 4.78 is 10.1. The fraction of sp³-hybridized carbons (Fsp3) is 0.143. The van der Waals surface area contributed by atoms with E-state index in [-0.39, 0.29) is 29.5 Å². The molecule has 27 heavy (non-hydrogen) atoms. The Balaban J connectivity index is 1.98. The summed E-state index contributed by atoms with van der Waals surface area (Å²) in [6.45, 7) is 0. The number of allylic oxidation sites excluding steroid dienone is 2. The van der Waals surface area contributed by atoms with Gasteiger partial charge in [0.2, 0.25) is 0 Å². The number of ketones is 2. The molecule has 0 aromatic heterocycles. The summed E-state index contributed by atoms with van der Waals surface area (Å²) in [5.74, 6) is 0.0721. The lowest BCUT2D eigenvalue weighted by atomic mass is 10.1. The van der Waals surface area contributed by atoms with Crippen molar-refractivity contribution in [3.05, 3.63) is 59.7 Å². The van der Waals surface area contributed by atoms with Crippen molar-refractivity contribution in [1.29, 1.82) is 0 Å². The van der Waals surface area contributed by atoms with E-state index in [2.05, 4.69) is 0 Å². The highest BCUT2D eigenvalue weighted by molar-refractivity contribution is 6.11. The summed E-state index contributed by atoms with van der Waals surface area (Å²) in [6, 6.07) is 9.19. The van der Waals surface area contributed by atoms with Gasteiger partial charge in [-0.2, -0.15) is 0 Å². The van der Waals surface area contributed by atoms with E-state index < -0.39 is 0 Å². The second-order valence-electron chi connectivity index (χ2n) is 5.63. The summed E-state index contributed by atoms with van der Waals surface area (Å²) in [4.78, 5) is 23.9. The zero-order valence-corrected chi connectivity index (χ0v) is 15.0. The molecule has 0 amide bonds. The molecule has 0 heterocycles. The van der Waals surface area contributed by atoms with Gasteiger partial charge in [0.05, 0.1) is 20.6 Å². The summed E-state index contributed by atoms with van der Waals surface area (Å²) in [6.07, 6.45) is 5.40. The van der Waals surface area contributed by atoms with Crippen molar-refractivity contribution >= 4 is 23.7 Å². The quantitative estimate of drug-likeness (QED) is 0.548. The summed E-state index contributed by atoms with van der Waals surface area (Å²) in [5, 5.41) is 19.0. The van der Waals surface area contributed by atoms with Crippen LogP contribution in [0.2, 0.25) is 0 Å². The number of phenols is 2. The van der Waals surface area contributed by atoms with Gasteiger partial charge in [0.1, 0.15) is 11.5 Å². The molecule has 2 N–H and O–H groups in total. The largest absolute Gasteiger partial charge is 0.508 e. The number of carbonyl (C=O) groups excluding carboxylic acids is 2. The average molecular weight is 368 g/mol. The van der Waals surface area contributed by atoms with Crippen molar-refractivity contribution in [2.75, 3.05) is 14.2 Å². The molecule has 140 valence electrons. The lowest BCUT2D eigenvalue weighted by Gasteiger charge is -2.04. The molecule has 0 saturated heterocycles. The van der Waals surface area contributed by atoms with Gasteiger partial charge in [-0.25, -0.2) is 0 Å². The Kier molecular flexibility index (Phi) is 6.77. The molecule has 0 aliphatic carbocycles. The molecule has 0 aliphatic rings. The first kappa shape index (κ1) is 19.8. The molecule has 2 aromatic carbocycles. The average Bonchev–Trinajstić information content (AvgIpc) is 2.66. The first-order chi connectivity index (χ1) is 12.9. The molecule has 2 rings (SSSR count). The van der Waals surface area contributed by atoms with Crippen LogP contribution in [0.25, 0.3) is 12.2 Å². The molecule has 0 radical (unpaired) electrons. The van der Waals surface area contributed by atoms with Gasteiger partial charge in [-0.15, -0.1) is 0 Å². The Labute approximate surface area is 157 Å². The molecule has 0 unspecified atom stereocenters. The predicted molar refractivity (Wildman–Crippen MR) is 102 cm³/mol. The maximum atomic E-state index is 12.0. The second kappa shape index (κ2) is 9.24. The Morgan fingerprint density at radius 1 is 0.889 bits per heavy atom. The third-order valence-electron chi connectivity index (χ3n) is 3.68. The molecular formula is C21H20O6. The Hall–Kier alpha value is -3.54. The molecule has 0 fully saturated rings. The number of benzene rings is 2. The number of hydrogen-bond acceptors (Lipinski definition) is 6. The van der Waals surface area contributed by atoms with E-state index in [4.69, 9.17) is 9.47 Å². The lowest BCUT2D eigenvalue weighted by molar-refractivity contribution is -0.121. The molecule has 0 spiro atoms. The number of hydrogen-bond donors (Lipinski definition) is 2. The smallest absolute Gasteiger partial charge is 0.163 e. The second-order valence-corrected chi connectivity index (χ2v) is 5.63. The van der Waals surface area contributed by atoms with Crippen LogP contribution in [0.3, 0.4) is 0 Å². The van der Waals surface area contributed by atoms with Crippen LogP contribution in [0.5, 0.6) is 23.0 Å². The van der Waals surface area contributed by atoms with Gasteiger partial charge >= 0.3 is 0 Å². The number of aromatic hydroxyl groups is 2. The van der Waals surface area contributed by atoms with E-state index in [0.29, 0.717) is 22.6 Å². The van der Waals surface area contributed by atoms with Gasteiger partial charge in [-0.1, -0.05) is 12.1 Å². The lowest BCUT2D eigenvalue weighted by Crippen LogP contribution is -2.02. The van der Waals surface area contributed by atoms with Crippen LogP contribution in [-0.4, -0.2) is 36.0 Å². The van der Waals surface area contributed by atoms with Crippen LogP contribution < -0.4 is 9.47 Å². The topological polar surface area (TPSA) is 93.1 Å². The number of carbonyl (C=O) groups is 2. The van der Waals surface area contributed by atoms with Gasteiger partial charge in [-0.3, -0.25) is 9.59 Å². The molecule has 6 heteroatoms. The number of ether oxygens (including phenoxy) is 2. The van der Waals surface area contributed by atoms with Gasteiger partial charge < -0.3 is 19.7 Å². The Morgan fingerprint density at radius 3 is 2.22 bits per heavy atom. The Morgan fingerprint density at radius 2 is 1.56 bits per heavy atom. The van der Waals surface area contributed by atoms with Gasteiger partial charge in [0, 0.05) is 11.6 Å². The summed E-state index contributed by atoms with van der Waals surface area (Å²) in [5.41, 5.74) is 1.28. The molecule has 0 aliphatic heterocycles. The van der Waals surface area contributed by atoms with Crippen molar-refractivity contribution in [1.82, 2.24) is 0 Å². The van der Waals surface area contributed by atoms with E-state index >= 15 is 0 Å². The van der Waals surface area contributed by atoms with Crippen LogP contribution in [0.4, 0.5) is 0 Å². The minimum absolute atomic E-state index is 0.00551. The van der Waals surface area contributed by atoms with E-state index in [1.54, 1.807) is 24.3 Å². The van der Waals surface area contributed by atoms with E-state index in [0.717, 1.165) is 0 Å². The number of methoxy groups -OCH3 is 2. The highest BCUT2D eigenvalue weighted by atomic mass is 16.5. The van der Waals surface area contributed by atoms with Gasteiger partial charge in [0.15, 0.2) is 23.1 Å². The van der Waals surface area contributed by atoms with Crippen molar-refractivity contribution in [3.63, 3.8) is 0 Å². The number of phenolic OH excluding ortho intramolecular Hbond substituents is 2. The van der Waals surface area contributed by atoms with Crippen LogP contribution in [0.1, 0.15) is 17.5 Å². The highest BCUT2D eigenvalue weighted by Gasteiger charge is 2.06. The van der Waals surface area contributed by atoms with Crippen LogP contribution in [0, 0.1) is 0 Å². The van der Waals surface area contributed by atoms with Crippen molar-refractivity contribution < 1.29 is 29.3 Å². The van der Waals surface area contributed by atoms with Gasteiger partial charge in [0.25, 0.3) is 0 Å². The molecule has 0 atom stereocenters. The summed E-state index contributed by atoms with van der Waals surface area (Å²) >= 11 is 0. The molecular weight excluding hydrogens is 348 g/mol. The molecule has 2 aromatic rings. The van der Waals surface area contributed by atoms with Crippen LogP contribution in [0.15, 0.2) is 48.6 Å². The third kappa shape index (κ3) is 5.74. The SMILES string of the molecule is COc1cc(/C=C/C(=O)CC(=O)/C=C/c2ccc(O)cc2OC)ccc1O. The zero-order valence-electron chi connectivity index (χ0n) is 15.0. The van der Waals surface area contributed by atoms with Crippen LogP contribution in [-0.2, 0) is 9.59 Å². The van der Waals surface area contributed by atoms with Crippen molar-refractivity contribution in [2.24, 2.45) is 0 Å². The maximum absolute atomic E-state index is 12.0. The highest BCUT2D eigenvalue weighted by Crippen LogP contribution is 2.27. The standard InChI is InChI=1S/C21H20O6/c1-26-20-13-18(24)9-6-15(20)5-8-17(23)12-16(22)7-3-14-4-10-19(25)21(11-14)27-2/h3-11,13,24-25H,12H2,1-2H3/b7-3+,8-5+. The molecule has 0 saturated carbocycles. The first-order valence-electron chi connectivity index (χ1n) is 8.08. The molecule has 0 bridgehead atoms. The van der Waals surface area contributed by atoms with E-state index in [9.17, 15) is 19.8 Å². The summed E-state index contributed by atoms with van der Waals surface area (Å²) in [7, 11) is 2.89. The maximum Gasteiger partial charge on any atom is 0.163 e. The fourth-order valence-electron chi connectivity index (χ4n) is 2.30. The van der Waals surface area contributed by atoms with Crippen molar-refractivity contribution in [3.8, 4) is 23.0 Å².